The molecule has 1 amide bonds. The fraction of sp³-hybridized carbons (Fsp3) is 0.333. The smallest absolute Gasteiger partial charge is 0.251 e. The Kier molecular flexibility index (Phi) is 3.51. The third kappa shape index (κ3) is 3.16. The van der Waals surface area contributed by atoms with Crippen LogP contribution < -0.4 is 10.9 Å². The van der Waals surface area contributed by atoms with Gasteiger partial charge in [-0.25, -0.2) is 4.98 Å². The number of hydrogen-bond acceptors (Lipinski definition) is 4. The highest BCUT2D eigenvalue weighted by atomic mass is 16.2. The number of carbonyl (C=O) groups is 1. The number of aromatic amines is 1. The number of rotatable bonds is 4. The minimum absolute atomic E-state index is 0.0315. The zero-order valence-corrected chi connectivity index (χ0v) is 11.7. The van der Waals surface area contributed by atoms with E-state index >= 15 is 0 Å². The number of pyridine rings is 1. The van der Waals surface area contributed by atoms with Gasteiger partial charge in [0, 0.05) is 18.2 Å². The van der Waals surface area contributed by atoms with Crippen molar-refractivity contribution in [3.05, 3.63) is 46.5 Å². The molecular weight excluding hydrogens is 268 g/mol. The quantitative estimate of drug-likeness (QED) is 0.880. The second-order valence-corrected chi connectivity index (χ2v) is 5.34. The minimum atomic E-state index is -0.255. The summed E-state index contributed by atoms with van der Waals surface area (Å²) >= 11 is 0. The van der Waals surface area contributed by atoms with Gasteiger partial charge in [-0.1, -0.05) is 13.0 Å². The van der Waals surface area contributed by atoms with Gasteiger partial charge in [-0.3, -0.25) is 14.6 Å². The van der Waals surface area contributed by atoms with Gasteiger partial charge in [0.15, 0.2) is 5.82 Å². The summed E-state index contributed by atoms with van der Waals surface area (Å²) in [5.41, 5.74) is 0.870. The zero-order valence-electron chi connectivity index (χ0n) is 11.7. The molecule has 0 radical (unpaired) electrons. The standard InChI is InChI=1S/C15H16N4O2/c1-9-6-11(9)15(21)17-8-10-7-13(20)19-14(18-10)12-4-2-3-5-16-12/h2-5,7,9,11H,6,8H2,1H3,(H,17,21)(H,18,19,20). The van der Waals surface area contributed by atoms with E-state index in [1.54, 1.807) is 18.3 Å². The topological polar surface area (TPSA) is 87.7 Å². The maximum absolute atomic E-state index is 11.8. The first-order chi connectivity index (χ1) is 10.1. The molecule has 0 aliphatic heterocycles. The summed E-state index contributed by atoms with van der Waals surface area (Å²) in [5.74, 6) is 1.01. The molecule has 3 rings (SSSR count). The molecule has 1 saturated carbocycles. The van der Waals surface area contributed by atoms with E-state index in [1.165, 1.54) is 6.07 Å². The van der Waals surface area contributed by atoms with Crippen LogP contribution >= 0.6 is 0 Å². The van der Waals surface area contributed by atoms with Gasteiger partial charge in [0.2, 0.25) is 5.91 Å². The Balaban J connectivity index is 1.75. The van der Waals surface area contributed by atoms with E-state index in [4.69, 9.17) is 0 Å². The van der Waals surface area contributed by atoms with Crippen molar-refractivity contribution < 1.29 is 4.79 Å². The van der Waals surface area contributed by atoms with Crippen molar-refractivity contribution in [2.45, 2.75) is 19.9 Å². The van der Waals surface area contributed by atoms with Crippen molar-refractivity contribution >= 4 is 5.91 Å². The predicted octanol–water partition coefficient (Wildman–Crippen LogP) is 1.10. The molecule has 2 N–H and O–H groups in total. The van der Waals surface area contributed by atoms with Crippen LogP contribution in [0.2, 0.25) is 0 Å². The first kappa shape index (κ1) is 13.5. The molecule has 0 spiro atoms. The number of aromatic nitrogens is 3. The van der Waals surface area contributed by atoms with E-state index in [-0.39, 0.29) is 23.9 Å². The van der Waals surface area contributed by atoms with E-state index in [0.29, 0.717) is 23.1 Å². The lowest BCUT2D eigenvalue weighted by Gasteiger charge is -2.06. The van der Waals surface area contributed by atoms with Gasteiger partial charge in [0.25, 0.3) is 5.56 Å². The maximum Gasteiger partial charge on any atom is 0.251 e. The lowest BCUT2D eigenvalue weighted by atomic mass is 10.3. The molecule has 6 heteroatoms. The predicted molar refractivity (Wildman–Crippen MR) is 77.2 cm³/mol. The number of amides is 1. The largest absolute Gasteiger partial charge is 0.350 e. The Hall–Kier alpha value is -2.50. The Morgan fingerprint density at radius 2 is 2.29 bits per heavy atom. The Bertz CT molecular complexity index is 711. The number of carbonyl (C=O) groups excluding carboxylic acids is 1. The van der Waals surface area contributed by atoms with Crippen LogP contribution in [0.15, 0.2) is 35.3 Å². The van der Waals surface area contributed by atoms with Crippen LogP contribution in [0.1, 0.15) is 19.0 Å². The summed E-state index contributed by atoms with van der Waals surface area (Å²) in [7, 11) is 0. The normalized spacial score (nSPS) is 20.0. The highest BCUT2D eigenvalue weighted by Crippen LogP contribution is 2.37. The molecule has 108 valence electrons. The molecule has 0 saturated heterocycles. The number of nitrogens with one attached hydrogen (secondary N) is 2. The average Bonchev–Trinajstić information content (AvgIpc) is 3.22. The van der Waals surface area contributed by atoms with Gasteiger partial charge in [0.05, 0.1) is 12.2 Å². The van der Waals surface area contributed by atoms with Gasteiger partial charge < -0.3 is 10.3 Å². The molecular formula is C15H16N4O2. The van der Waals surface area contributed by atoms with Gasteiger partial charge >= 0.3 is 0 Å². The molecule has 2 unspecified atom stereocenters. The molecule has 1 aliphatic carbocycles. The molecule has 6 nitrogen and oxygen atoms in total. The Morgan fingerprint density at radius 3 is 2.95 bits per heavy atom. The monoisotopic (exact) mass is 284 g/mol. The van der Waals surface area contributed by atoms with Crippen molar-refractivity contribution in [1.29, 1.82) is 0 Å². The van der Waals surface area contributed by atoms with Crippen molar-refractivity contribution in [2.75, 3.05) is 0 Å². The van der Waals surface area contributed by atoms with Gasteiger partial charge in [-0.05, 0) is 24.5 Å². The lowest BCUT2D eigenvalue weighted by Crippen LogP contribution is -2.26. The van der Waals surface area contributed by atoms with E-state index in [1.807, 2.05) is 6.07 Å². The summed E-state index contributed by atoms with van der Waals surface area (Å²) in [6.07, 6.45) is 2.58. The van der Waals surface area contributed by atoms with Crippen LogP contribution in [0.3, 0.4) is 0 Å². The highest BCUT2D eigenvalue weighted by Gasteiger charge is 2.38. The van der Waals surface area contributed by atoms with Crippen LogP contribution in [0.25, 0.3) is 11.5 Å². The van der Waals surface area contributed by atoms with Crippen molar-refractivity contribution in [2.24, 2.45) is 11.8 Å². The third-order valence-corrected chi connectivity index (χ3v) is 3.59. The second kappa shape index (κ2) is 5.47. The van der Waals surface area contributed by atoms with Crippen molar-refractivity contribution in [3.8, 4) is 11.5 Å². The van der Waals surface area contributed by atoms with E-state index in [9.17, 15) is 9.59 Å². The first-order valence-corrected chi connectivity index (χ1v) is 6.93. The maximum atomic E-state index is 11.8. The number of H-pyrrole nitrogens is 1. The molecule has 21 heavy (non-hydrogen) atoms. The first-order valence-electron chi connectivity index (χ1n) is 6.93. The molecule has 1 fully saturated rings. The summed E-state index contributed by atoms with van der Waals surface area (Å²) in [6, 6.07) is 6.78. The molecule has 2 heterocycles. The van der Waals surface area contributed by atoms with Crippen LogP contribution in [-0.2, 0) is 11.3 Å². The van der Waals surface area contributed by atoms with E-state index in [2.05, 4.69) is 27.2 Å². The van der Waals surface area contributed by atoms with Crippen LogP contribution in [0.4, 0.5) is 0 Å². The van der Waals surface area contributed by atoms with Crippen molar-refractivity contribution in [3.63, 3.8) is 0 Å². The van der Waals surface area contributed by atoms with Gasteiger partial charge in [0.1, 0.15) is 5.69 Å². The van der Waals surface area contributed by atoms with Gasteiger partial charge in [-0.15, -0.1) is 0 Å². The molecule has 2 aromatic rings. The molecule has 0 bridgehead atoms. The summed E-state index contributed by atoms with van der Waals surface area (Å²) in [6.45, 7) is 2.31. The Labute approximate surface area is 121 Å². The van der Waals surface area contributed by atoms with Crippen LogP contribution in [-0.4, -0.2) is 20.9 Å². The zero-order chi connectivity index (χ0) is 14.8. The molecule has 0 aromatic carbocycles. The van der Waals surface area contributed by atoms with Crippen LogP contribution in [0.5, 0.6) is 0 Å². The average molecular weight is 284 g/mol. The summed E-state index contributed by atoms with van der Waals surface area (Å²) in [5, 5.41) is 2.82. The molecule has 2 aromatic heterocycles. The summed E-state index contributed by atoms with van der Waals surface area (Å²) in [4.78, 5) is 34.6. The van der Waals surface area contributed by atoms with E-state index < -0.39 is 0 Å². The minimum Gasteiger partial charge on any atom is -0.350 e. The molecule has 1 aliphatic rings. The number of nitrogens with zero attached hydrogens (tertiary/aromatic N) is 2. The van der Waals surface area contributed by atoms with Crippen molar-refractivity contribution in [1.82, 2.24) is 20.3 Å². The van der Waals surface area contributed by atoms with Gasteiger partial charge in [-0.2, -0.15) is 0 Å². The summed E-state index contributed by atoms with van der Waals surface area (Å²) < 4.78 is 0. The van der Waals surface area contributed by atoms with E-state index in [0.717, 1.165) is 6.42 Å². The third-order valence-electron chi connectivity index (χ3n) is 3.59. The lowest BCUT2D eigenvalue weighted by molar-refractivity contribution is -0.122. The fourth-order valence-electron chi connectivity index (χ4n) is 2.22. The fourth-order valence-corrected chi connectivity index (χ4v) is 2.22. The Morgan fingerprint density at radius 1 is 1.48 bits per heavy atom. The highest BCUT2D eigenvalue weighted by molar-refractivity contribution is 5.81. The number of hydrogen-bond donors (Lipinski definition) is 2. The SMILES string of the molecule is CC1CC1C(=O)NCc1cc(=O)[nH]c(-c2ccccn2)n1. The van der Waals surface area contributed by atoms with Crippen LogP contribution in [0, 0.1) is 11.8 Å². The second-order valence-electron chi connectivity index (χ2n) is 5.34. The molecule has 2 atom stereocenters.